The van der Waals surface area contributed by atoms with E-state index in [0.29, 0.717) is 13.0 Å². The van der Waals surface area contributed by atoms with Gasteiger partial charge in [-0.2, -0.15) is 0 Å². The average molecular weight is 734 g/mol. The smallest absolute Gasteiger partial charge is 0.472 e. The highest BCUT2D eigenvalue weighted by atomic mass is 31.2. The molecule has 0 aliphatic carbocycles. The molecule has 50 heavy (non-hydrogen) atoms. The van der Waals surface area contributed by atoms with Crippen LogP contribution >= 0.6 is 7.82 Å². The highest BCUT2D eigenvalue weighted by Gasteiger charge is 2.27. The van der Waals surface area contributed by atoms with Crippen LogP contribution in [0, 0.1) is 0 Å². The van der Waals surface area contributed by atoms with Crippen LogP contribution in [0.1, 0.15) is 187 Å². The molecule has 0 aromatic heterocycles. The molecule has 0 heterocycles. The highest BCUT2D eigenvalue weighted by molar-refractivity contribution is 7.47. The Morgan fingerprint density at radius 3 is 1.52 bits per heavy atom. The first-order chi connectivity index (χ1) is 24.2. The van der Waals surface area contributed by atoms with Crippen LogP contribution < -0.4 is 5.73 Å². The molecular weight excluding hydrogens is 657 g/mol. The fraction of sp³-hybridized carbons (Fsp3) is 0.897. The molecule has 3 atom stereocenters. The predicted molar refractivity (Wildman–Crippen MR) is 203 cm³/mol. The number of aliphatic carboxylic acids is 1. The van der Waals surface area contributed by atoms with E-state index in [9.17, 15) is 19.0 Å². The summed E-state index contributed by atoms with van der Waals surface area (Å²) in [6.07, 6.45) is 35.4. The number of ether oxygens (including phenoxy) is 2. The van der Waals surface area contributed by atoms with Crippen LogP contribution in [0.25, 0.3) is 0 Å². The summed E-state index contributed by atoms with van der Waals surface area (Å²) >= 11 is 0. The molecule has 0 amide bonds. The van der Waals surface area contributed by atoms with Crippen LogP contribution in [0.15, 0.2) is 12.2 Å². The fourth-order valence-corrected chi connectivity index (χ4v) is 6.38. The Labute approximate surface area is 305 Å². The van der Waals surface area contributed by atoms with E-state index in [1.54, 1.807) is 0 Å². The first-order valence-corrected chi connectivity index (χ1v) is 21.7. The van der Waals surface area contributed by atoms with Gasteiger partial charge in [-0.25, -0.2) is 4.57 Å². The van der Waals surface area contributed by atoms with Crippen molar-refractivity contribution < 1.29 is 42.7 Å². The van der Waals surface area contributed by atoms with E-state index in [-0.39, 0.29) is 13.0 Å². The summed E-state index contributed by atoms with van der Waals surface area (Å²) < 4.78 is 33.3. The van der Waals surface area contributed by atoms with E-state index in [4.69, 9.17) is 29.4 Å². The van der Waals surface area contributed by atoms with Gasteiger partial charge in [0, 0.05) is 13.0 Å². The van der Waals surface area contributed by atoms with Crippen LogP contribution in [0.5, 0.6) is 0 Å². The van der Waals surface area contributed by atoms with Crippen LogP contribution in [0.2, 0.25) is 0 Å². The topological polar surface area (TPSA) is 155 Å². The summed E-state index contributed by atoms with van der Waals surface area (Å²) in [6.45, 7) is 3.88. The third kappa shape index (κ3) is 35.1. The van der Waals surface area contributed by atoms with E-state index >= 15 is 0 Å². The lowest BCUT2D eigenvalue weighted by Gasteiger charge is -2.20. The summed E-state index contributed by atoms with van der Waals surface area (Å²) in [6, 6.07) is -1.47. The summed E-state index contributed by atoms with van der Waals surface area (Å²) in [4.78, 5) is 33.4. The zero-order valence-electron chi connectivity index (χ0n) is 32.0. The number of phosphoric acid groups is 1. The van der Waals surface area contributed by atoms with Gasteiger partial charge < -0.3 is 25.2 Å². The molecule has 11 heteroatoms. The van der Waals surface area contributed by atoms with Gasteiger partial charge in [-0.15, -0.1) is 0 Å². The first kappa shape index (κ1) is 48.7. The van der Waals surface area contributed by atoms with Crippen molar-refractivity contribution in [3.8, 4) is 0 Å². The van der Waals surface area contributed by atoms with Gasteiger partial charge >= 0.3 is 19.8 Å². The quantitative estimate of drug-likeness (QED) is 0.0240. The number of carbonyl (C=O) groups is 2. The molecular formula is C39H76NO9P. The Morgan fingerprint density at radius 2 is 1.04 bits per heavy atom. The molecule has 0 spiro atoms. The summed E-state index contributed by atoms with van der Waals surface area (Å²) in [5, 5.41) is 8.87. The second-order valence-electron chi connectivity index (χ2n) is 13.8. The lowest BCUT2D eigenvalue weighted by Crippen LogP contribution is -2.34. The van der Waals surface area contributed by atoms with Crippen molar-refractivity contribution in [3.05, 3.63) is 12.2 Å². The van der Waals surface area contributed by atoms with Gasteiger partial charge in [0.1, 0.15) is 12.1 Å². The van der Waals surface area contributed by atoms with Gasteiger partial charge in [-0.3, -0.25) is 18.6 Å². The molecule has 1 unspecified atom stereocenters. The lowest BCUT2D eigenvalue weighted by atomic mass is 10.0. The SMILES string of the molecule is CCCCCCC/C=C\CCCCCCCC(=O)O[C@H](COCCCCCCCCCCCCCCCC)COP(=O)(O)OC[C@H](N)C(=O)O. The molecule has 0 fully saturated rings. The number of carbonyl (C=O) groups excluding carboxylic acids is 1. The van der Waals surface area contributed by atoms with Crippen molar-refractivity contribution in [2.75, 3.05) is 26.4 Å². The third-order valence-electron chi connectivity index (χ3n) is 8.79. The minimum absolute atomic E-state index is 0.0189. The van der Waals surface area contributed by atoms with Crippen LogP contribution in [0.3, 0.4) is 0 Å². The van der Waals surface area contributed by atoms with Crippen molar-refractivity contribution in [2.24, 2.45) is 5.73 Å². The second kappa shape index (κ2) is 36.1. The Kier molecular flexibility index (Phi) is 35.2. The van der Waals surface area contributed by atoms with E-state index in [1.807, 2.05) is 0 Å². The Balaban J connectivity index is 4.27. The maximum atomic E-state index is 12.6. The van der Waals surface area contributed by atoms with E-state index < -0.39 is 45.1 Å². The minimum atomic E-state index is -4.61. The molecule has 4 N–H and O–H groups in total. The minimum Gasteiger partial charge on any atom is -0.480 e. The monoisotopic (exact) mass is 734 g/mol. The molecule has 0 aromatic rings. The number of hydrogen-bond donors (Lipinski definition) is 3. The maximum absolute atomic E-state index is 12.6. The van der Waals surface area contributed by atoms with Gasteiger partial charge in [0.2, 0.25) is 0 Å². The first-order valence-electron chi connectivity index (χ1n) is 20.2. The molecule has 0 aromatic carbocycles. The standard InChI is InChI=1S/C39H76NO9P/c1-3-5-7-9-11-13-15-17-19-21-23-25-27-29-31-38(41)49-36(34-47-50(44,45)48-35-37(40)39(42)43)33-46-32-30-28-26-24-22-20-18-16-14-12-10-8-6-4-2/h15,17,36-37H,3-14,16,18-35,40H2,1-2H3,(H,42,43)(H,44,45)/b17-15-/t36-,37+/m1/s1. The number of rotatable bonds is 39. The van der Waals surface area contributed by atoms with Crippen molar-refractivity contribution in [1.82, 2.24) is 0 Å². The van der Waals surface area contributed by atoms with Gasteiger partial charge in [-0.05, 0) is 38.5 Å². The normalized spacial score (nSPS) is 14.2. The molecule has 0 saturated carbocycles. The number of hydrogen-bond acceptors (Lipinski definition) is 8. The van der Waals surface area contributed by atoms with Gasteiger partial charge in [0.05, 0.1) is 19.8 Å². The number of unbranched alkanes of at least 4 members (excludes halogenated alkanes) is 23. The second-order valence-corrected chi connectivity index (χ2v) is 15.2. The molecule has 296 valence electrons. The largest absolute Gasteiger partial charge is 0.480 e. The zero-order chi connectivity index (χ0) is 37.0. The number of phosphoric ester groups is 1. The van der Waals surface area contributed by atoms with Crippen LogP contribution in [-0.4, -0.2) is 60.5 Å². The van der Waals surface area contributed by atoms with Gasteiger partial charge in [0.25, 0.3) is 0 Å². The van der Waals surface area contributed by atoms with E-state index in [1.165, 1.54) is 109 Å². The lowest BCUT2D eigenvalue weighted by molar-refractivity contribution is -0.154. The zero-order valence-corrected chi connectivity index (χ0v) is 32.9. The van der Waals surface area contributed by atoms with Crippen molar-refractivity contribution in [1.29, 1.82) is 0 Å². The summed E-state index contributed by atoms with van der Waals surface area (Å²) in [7, 11) is -4.61. The van der Waals surface area contributed by atoms with Crippen molar-refractivity contribution in [2.45, 2.75) is 199 Å². The number of allylic oxidation sites excluding steroid dienone is 2. The van der Waals surface area contributed by atoms with E-state index in [0.717, 1.165) is 51.4 Å². The molecule has 0 bridgehead atoms. The number of nitrogens with two attached hydrogens (primary N) is 1. The Hall–Kier alpha value is -1.29. The summed E-state index contributed by atoms with van der Waals surface area (Å²) in [5.41, 5.74) is 5.34. The Morgan fingerprint density at radius 1 is 0.620 bits per heavy atom. The molecule has 0 aliphatic rings. The van der Waals surface area contributed by atoms with Crippen molar-refractivity contribution in [3.63, 3.8) is 0 Å². The van der Waals surface area contributed by atoms with Crippen LogP contribution in [0.4, 0.5) is 0 Å². The molecule has 10 nitrogen and oxygen atoms in total. The number of esters is 1. The molecule has 0 radical (unpaired) electrons. The van der Waals surface area contributed by atoms with Crippen molar-refractivity contribution >= 4 is 19.8 Å². The predicted octanol–water partition coefficient (Wildman–Crippen LogP) is 10.6. The van der Waals surface area contributed by atoms with Crippen LogP contribution in [-0.2, 0) is 32.7 Å². The molecule has 0 aliphatic heterocycles. The maximum Gasteiger partial charge on any atom is 0.472 e. The van der Waals surface area contributed by atoms with Gasteiger partial charge in [0.15, 0.2) is 0 Å². The molecule has 0 rings (SSSR count). The third-order valence-corrected chi connectivity index (χ3v) is 9.75. The highest BCUT2D eigenvalue weighted by Crippen LogP contribution is 2.43. The Bertz CT molecular complexity index is 857. The average Bonchev–Trinajstić information content (AvgIpc) is 3.09. The fourth-order valence-electron chi connectivity index (χ4n) is 5.60. The van der Waals surface area contributed by atoms with Gasteiger partial charge in [-0.1, -0.05) is 154 Å². The number of carboxylic acid groups (broad SMARTS) is 1. The number of carboxylic acids is 1. The van der Waals surface area contributed by atoms with E-state index in [2.05, 4.69) is 26.0 Å². The molecule has 0 saturated heterocycles. The summed E-state index contributed by atoms with van der Waals surface area (Å²) in [5.74, 6) is -1.78.